The molecule has 0 radical (unpaired) electrons. The van der Waals surface area contributed by atoms with Gasteiger partial charge in [0.15, 0.2) is 6.10 Å². The third-order valence-electron chi connectivity index (χ3n) is 18.2. The maximum Gasteiger partial charge on any atom is 0.472 e. The molecule has 0 aliphatic carbocycles. The number of esters is 3. The van der Waals surface area contributed by atoms with Gasteiger partial charge in [0.1, 0.15) is 25.4 Å². The van der Waals surface area contributed by atoms with Crippen LogP contribution in [0, 0.1) is 0 Å². The van der Waals surface area contributed by atoms with Gasteiger partial charge in [-0.25, -0.2) is 9.13 Å². The Bertz CT molecular complexity index is 2650. The molecule has 18 heteroatoms. The van der Waals surface area contributed by atoms with Crippen LogP contribution in [0.15, 0.2) is 158 Å². The van der Waals surface area contributed by atoms with E-state index in [9.17, 15) is 43.5 Å². The van der Waals surface area contributed by atoms with Crippen molar-refractivity contribution in [2.24, 2.45) is 0 Å². The Morgan fingerprint density at radius 1 is 0.252 bits per heavy atom. The number of phosphoric ester groups is 2. The van der Waals surface area contributed by atoms with Crippen molar-refractivity contribution in [2.45, 2.75) is 373 Å². The molecule has 4 N–H and O–H groups in total. The first-order chi connectivity index (χ1) is 54.2. The monoisotopic (exact) mass is 1590 g/mol. The number of unbranched alkanes of at least 4 members (excludes halogenated alkanes) is 33. The van der Waals surface area contributed by atoms with Crippen LogP contribution in [-0.4, -0.2) is 95.9 Å². The van der Waals surface area contributed by atoms with E-state index in [0.717, 1.165) is 180 Å². The van der Waals surface area contributed by atoms with E-state index in [1.54, 1.807) is 0 Å². The van der Waals surface area contributed by atoms with Gasteiger partial charge in [-0.2, -0.15) is 0 Å². The average molecular weight is 1590 g/mol. The van der Waals surface area contributed by atoms with Gasteiger partial charge in [-0.05, 0) is 141 Å². The maximum atomic E-state index is 13.0. The summed E-state index contributed by atoms with van der Waals surface area (Å²) in [6.45, 7) is 2.36. The summed E-state index contributed by atoms with van der Waals surface area (Å²) < 4.78 is 61.3. The normalized spacial score (nSPS) is 14.6. The van der Waals surface area contributed by atoms with Crippen molar-refractivity contribution in [3.05, 3.63) is 158 Å². The molecule has 0 aromatic heterocycles. The van der Waals surface area contributed by atoms with Crippen LogP contribution in [0.4, 0.5) is 0 Å². The van der Waals surface area contributed by atoms with Crippen LogP contribution < -0.4 is 0 Å². The zero-order valence-electron chi connectivity index (χ0n) is 69.8. The van der Waals surface area contributed by atoms with Crippen molar-refractivity contribution in [3.8, 4) is 0 Å². The maximum absolute atomic E-state index is 13.0. The van der Waals surface area contributed by atoms with Crippen LogP contribution in [0.2, 0.25) is 0 Å². The number of aliphatic hydroxyl groups excluding tert-OH is 2. The van der Waals surface area contributed by atoms with Gasteiger partial charge in [-0.1, -0.05) is 352 Å². The second-order valence-corrected chi connectivity index (χ2v) is 31.8. The number of phosphoric acid groups is 2. The van der Waals surface area contributed by atoms with Gasteiger partial charge >= 0.3 is 33.6 Å². The van der Waals surface area contributed by atoms with Crippen LogP contribution in [0.25, 0.3) is 0 Å². The Labute approximate surface area is 676 Å². The lowest BCUT2D eigenvalue weighted by Gasteiger charge is -2.21. The summed E-state index contributed by atoms with van der Waals surface area (Å²) in [5, 5.41) is 20.7. The molecule has 0 rings (SSSR count). The molecule has 0 saturated heterocycles. The Kier molecular flexibility index (Phi) is 80.9. The standard InChI is InChI=1S/C93H158O16P2/c1-4-7-10-13-16-19-22-25-28-31-33-35-37-39-40-41-42-43-44-45-46-48-50-51-53-56-58-61-64-67-70-73-76-79-91(96)103-82-88(94)83-105-110(99,100)106-84-89(95)85-107-111(101,102)108-87-90(109-93(98)81-78-75-72-69-66-63-60-55-30-27-24-21-18-15-12-9-6-3)86-104-92(97)80-77-74-71-68-65-62-59-57-54-52-49-47-38-36-34-32-29-26-23-20-17-14-11-8-5-2/h7-12,16-21,25-30,33-36,39-40,47,49,88-90,94-95H,4-6,13-15,22-24,31-32,37-38,41-46,48,50-87H2,1-3H3,(H,99,100)(H,101,102)/b10-7-,11-8-,12-9-,19-16-,20-17-,21-18-,28-25-,29-26-,30-27-,35-33-,36-34-,40-39-,49-47-. The molecule has 16 nitrogen and oxygen atoms in total. The fraction of sp³-hybridized carbons (Fsp3) is 0.688. The number of ether oxygens (including phenoxy) is 3. The summed E-state index contributed by atoms with van der Waals surface area (Å²) in [7, 11) is -9.81. The summed E-state index contributed by atoms with van der Waals surface area (Å²) in [4.78, 5) is 58.9. The van der Waals surface area contributed by atoms with E-state index in [0.29, 0.717) is 19.3 Å². The van der Waals surface area contributed by atoms with E-state index in [2.05, 4.69) is 179 Å². The number of rotatable bonds is 82. The van der Waals surface area contributed by atoms with Gasteiger partial charge < -0.3 is 34.2 Å². The molecular weight excluding hydrogens is 1430 g/mol. The van der Waals surface area contributed by atoms with Crippen LogP contribution in [0.3, 0.4) is 0 Å². The van der Waals surface area contributed by atoms with E-state index in [-0.39, 0.29) is 19.3 Å². The quantitative estimate of drug-likeness (QED) is 0.0146. The van der Waals surface area contributed by atoms with Crippen LogP contribution in [0.1, 0.15) is 355 Å². The molecule has 0 aromatic carbocycles. The van der Waals surface area contributed by atoms with Crippen molar-refractivity contribution >= 4 is 33.6 Å². The topological polar surface area (TPSA) is 231 Å². The average Bonchev–Trinajstić information content (AvgIpc) is 0.901. The number of hydrogen-bond acceptors (Lipinski definition) is 14. The molecule has 0 spiro atoms. The molecule has 0 saturated carbocycles. The highest BCUT2D eigenvalue weighted by Gasteiger charge is 2.29. The largest absolute Gasteiger partial charge is 0.472 e. The van der Waals surface area contributed by atoms with E-state index in [4.69, 9.17) is 32.3 Å². The summed E-state index contributed by atoms with van der Waals surface area (Å²) in [5.74, 6) is -1.59. The number of hydrogen-bond donors (Lipinski definition) is 4. The van der Waals surface area contributed by atoms with Gasteiger partial charge in [0.25, 0.3) is 0 Å². The summed E-state index contributed by atoms with van der Waals surface area (Å²) in [5.41, 5.74) is 0. The molecule has 0 heterocycles. The first-order valence-corrected chi connectivity index (χ1v) is 46.8. The van der Waals surface area contributed by atoms with Crippen LogP contribution in [0.5, 0.6) is 0 Å². The number of aliphatic hydroxyl groups is 2. The van der Waals surface area contributed by atoms with Crippen molar-refractivity contribution in [1.82, 2.24) is 0 Å². The van der Waals surface area contributed by atoms with Crippen molar-refractivity contribution in [2.75, 3.05) is 39.6 Å². The zero-order chi connectivity index (χ0) is 80.8. The molecule has 0 aliphatic heterocycles. The fourth-order valence-corrected chi connectivity index (χ4v) is 13.3. The van der Waals surface area contributed by atoms with Crippen molar-refractivity contribution in [3.63, 3.8) is 0 Å². The van der Waals surface area contributed by atoms with Crippen LogP contribution in [-0.2, 0) is 55.8 Å². The smallest absolute Gasteiger partial charge is 0.463 e. The molecule has 5 atom stereocenters. The molecule has 636 valence electrons. The third-order valence-corrected chi connectivity index (χ3v) is 20.1. The molecule has 0 fully saturated rings. The predicted octanol–water partition coefficient (Wildman–Crippen LogP) is 26.5. The first kappa shape index (κ1) is 106. The Morgan fingerprint density at radius 2 is 0.450 bits per heavy atom. The Morgan fingerprint density at radius 3 is 0.712 bits per heavy atom. The summed E-state index contributed by atoms with van der Waals surface area (Å²) in [6.07, 6.45) is 107. The molecule has 0 amide bonds. The fourth-order valence-electron chi connectivity index (χ4n) is 11.7. The minimum absolute atomic E-state index is 0.0886. The lowest BCUT2D eigenvalue weighted by Crippen LogP contribution is -2.30. The summed E-state index contributed by atoms with van der Waals surface area (Å²) in [6, 6.07) is 0. The second-order valence-electron chi connectivity index (χ2n) is 28.9. The van der Waals surface area contributed by atoms with E-state index in [1.807, 2.05) is 0 Å². The molecular formula is C93H158O16P2. The zero-order valence-corrected chi connectivity index (χ0v) is 71.6. The lowest BCUT2D eigenvalue weighted by atomic mass is 10.0. The van der Waals surface area contributed by atoms with Gasteiger partial charge in [0.2, 0.25) is 0 Å². The van der Waals surface area contributed by atoms with Gasteiger partial charge in [-0.15, -0.1) is 0 Å². The SMILES string of the molecule is CC/C=C\C/C=C\C/C=C\C/C=C\C/C=C\CCCCCCCCCCCCCCCCCCCC(=O)OCC(O)COP(=O)(O)OCC(O)COP(=O)(O)OCC(COC(=O)CCCCCCCCCCC/C=C\C/C=C\C/C=C\C/C=C\C/C=C\CC)OC(=O)CCCCCCCCC/C=C\C/C=C\C/C=C\CC. The lowest BCUT2D eigenvalue weighted by molar-refractivity contribution is -0.161. The second kappa shape index (κ2) is 84.6. The molecule has 0 aliphatic rings. The van der Waals surface area contributed by atoms with Crippen molar-refractivity contribution < 1.29 is 75.8 Å². The molecule has 111 heavy (non-hydrogen) atoms. The molecule has 0 aromatic rings. The van der Waals surface area contributed by atoms with Gasteiger partial charge in [-0.3, -0.25) is 32.5 Å². The van der Waals surface area contributed by atoms with E-state index >= 15 is 0 Å². The highest BCUT2D eigenvalue weighted by molar-refractivity contribution is 7.47. The highest BCUT2D eigenvalue weighted by Crippen LogP contribution is 2.45. The minimum Gasteiger partial charge on any atom is -0.463 e. The molecule has 0 bridgehead atoms. The van der Waals surface area contributed by atoms with Gasteiger partial charge in [0.05, 0.1) is 26.4 Å². The van der Waals surface area contributed by atoms with E-state index in [1.165, 1.54) is 116 Å². The predicted molar refractivity (Wildman–Crippen MR) is 463 cm³/mol. The van der Waals surface area contributed by atoms with Gasteiger partial charge in [0, 0.05) is 19.3 Å². The number of carbonyl (C=O) groups excluding carboxylic acids is 3. The number of allylic oxidation sites excluding steroid dienone is 26. The third kappa shape index (κ3) is 85.9. The van der Waals surface area contributed by atoms with E-state index < -0.39 is 91.5 Å². The summed E-state index contributed by atoms with van der Waals surface area (Å²) >= 11 is 0. The Hall–Kier alpha value is -4.83. The highest BCUT2D eigenvalue weighted by atomic mass is 31.2. The van der Waals surface area contributed by atoms with Crippen molar-refractivity contribution in [1.29, 1.82) is 0 Å². The van der Waals surface area contributed by atoms with Crippen LogP contribution >= 0.6 is 15.6 Å². The first-order valence-electron chi connectivity index (χ1n) is 43.8. The molecule has 5 unspecified atom stereocenters. The Balaban J connectivity index is 4.50. The number of carbonyl (C=O) groups is 3. The minimum atomic E-state index is -4.94.